The summed E-state index contributed by atoms with van der Waals surface area (Å²) in [7, 11) is 0. The summed E-state index contributed by atoms with van der Waals surface area (Å²) >= 11 is 0. The fraction of sp³-hybridized carbons (Fsp3) is 0.846. The van der Waals surface area contributed by atoms with Crippen LogP contribution in [0.1, 0.15) is 47.0 Å². The molecule has 1 fully saturated rings. The van der Waals surface area contributed by atoms with Gasteiger partial charge in [-0.2, -0.15) is 0 Å². The zero-order valence-electron chi connectivity index (χ0n) is 9.93. The first-order valence-electron chi connectivity index (χ1n) is 5.70. The van der Waals surface area contributed by atoms with Gasteiger partial charge < -0.3 is 0 Å². The van der Waals surface area contributed by atoms with E-state index in [9.17, 15) is 0 Å². The molecule has 0 amide bonds. The molecule has 14 heavy (non-hydrogen) atoms. The lowest BCUT2D eigenvalue weighted by Gasteiger charge is -2.36. The molecular weight excluding hydrogens is 170 g/mol. The summed E-state index contributed by atoms with van der Waals surface area (Å²) in [6.45, 7) is 8.86. The van der Waals surface area contributed by atoms with Crippen molar-refractivity contribution in [2.24, 2.45) is 11.8 Å². The molecule has 1 aliphatic rings. The van der Waals surface area contributed by atoms with Gasteiger partial charge in [0, 0.05) is 6.04 Å². The summed E-state index contributed by atoms with van der Waals surface area (Å²) in [6.07, 6.45) is 9.35. The number of hydrogen-bond donors (Lipinski definition) is 1. The second-order valence-electron chi connectivity index (χ2n) is 5.38. The second kappa shape index (κ2) is 4.36. The third-order valence-electron chi connectivity index (χ3n) is 3.52. The Labute approximate surface area is 88.7 Å². The maximum absolute atomic E-state index is 5.47. The quantitative estimate of drug-likeness (QED) is 0.665. The number of hydrogen-bond acceptors (Lipinski definition) is 1. The van der Waals surface area contributed by atoms with Crippen molar-refractivity contribution in [2.75, 3.05) is 0 Å². The first-order chi connectivity index (χ1) is 6.44. The lowest BCUT2D eigenvalue weighted by atomic mass is 9.78. The van der Waals surface area contributed by atoms with Gasteiger partial charge in [0.1, 0.15) is 0 Å². The smallest absolute Gasteiger partial charge is 0.0743 e. The van der Waals surface area contributed by atoms with E-state index in [0.29, 0.717) is 6.04 Å². The van der Waals surface area contributed by atoms with Crippen LogP contribution in [0.25, 0.3) is 0 Å². The lowest BCUT2D eigenvalue weighted by Crippen LogP contribution is -2.47. The van der Waals surface area contributed by atoms with Gasteiger partial charge in [-0.05, 0) is 44.9 Å². The first kappa shape index (κ1) is 11.6. The van der Waals surface area contributed by atoms with Crippen LogP contribution in [-0.2, 0) is 0 Å². The van der Waals surface area contributed by atoms with Crippen LogP contribution in [0, 0.1) is 24.2 Å². The number of rotatable bonds is 2. The van der Waals surface area contributed by atoms with Crippen LogP contribution < -0.4 is 5.32 Å². The van der Waals surface area contributed by atoms with E-state index >= 15 is 0 Å². The highest BCUT2D eigenvalue weighted by molar-refractivity contribution is 5.08. The van der Waals surface area contributed by atoms with E-state index in [4.69, 9.17) is 6.42 Å². The van der Waals surface area contributed by atoms with Gasteiger partial charge in [0.25, 0.3) is 0 Å². The monoisotopic (exact) mass is 193 g/mol. The van der Waals surface area contributed by atoms with Gasteiger partial charge in [-0.25, -0.2) is 0 Å². The molecule has 0 aromatic rings. The molecule has 3 atom stereocenters. The van der Waals surface area contributed by atoms with E-state index in [-0.39, 0.29) is 5.54 Å². The van der Waals surface area contributed by atoms with Crippen LogP contribution >= 0.6 is 0 Å². The molecular formula is C13H23N. The van der Waals surface area contributed by atoms with Crippen LogP contribution in [0.3, 0.4) is 0 Å². The molecule has 0 spiro atoms. The minimum absolute atomic E-state index is 0.148. The predicted molar refractivity (Wildman–Crippen MR) is 62.0 cm³/mol. The predicted octanol–water partition coefficient (Wildman–Crippen LogP) is 2.81. The second-order valence-corrected chi connectivity index (χ2v) is 5.38. The Morgan fingerprint density at radius 1 is 1.21 bits per heavy atom. The zero-order chi connectivity index (χ0) is 10.8. The van der Waals surface area contributed by atoms with Gasteiger partial charge in [-0.3, -0.25) is 5.32 Å². The molecule has 1 heteroatoms. The van der Waals surface area contributed by atoms with Crippen molar-refractivity contribution in [3.63, 3.8) is 0 Å². The van der Waals surface area contributed by atoms with Crippen LogP contribution in [0.4, 0.5) is 0 Å². The number of nitrogens with one attached hydrogen (secondary N) is 1. The van der Waals surface area contributed by atoms with E-state index < -0.39 is 0 Å². The maximum Gasteiger partial charge on any atom is 0.0743 e. The Bertz CT molecular complexity index is 224. The minimum Gasteiger partial charge on any atom is -0.299 e. The average Bonchev–Trinajstić information content (AvgIpc) is 2.11. The zero-order valence-corrected chi connectivity index (χ0v) is 9.93. The molecule has 0 aromatic carbocycles. The van der Waals surface area contributed by atoms with Crippen LogP contribution in [-0.4, -0.2) is 11.6 Å². The fourth-order valence-electron chi connectivity index (χ4n) is 2.23. The van der Waals surface area contributed by atoms with Gasteiger partial charge in [0.05, 0.1) is 5.54 Å². The van der Waals surface area contributed by atoms with Crippen molar-refractivity contribution in [2.45, 2.75) is 58.5 Å². The van der Waals surface area contributed by atoms with E-state index in [1.165, 1.54) is 19.3 Å². The normalized spacial score (nSPS) is 33.8. The van der Waals surface area contributed by atoms with Crippen molar-refractivity contribution in [1.29, 1.82) is 0 Å². The molecule has 1 rings (SSSR count). The molecule has 3 unspecified atom stereocenters. The Morgan fingerprint density at radius 3 is 2.36 bits per heavy atom. The molecule has 1 aliphatic carbocycles. The average molecular weight is 193 g/mol. The molecule has 80 valence electrons. The molecule has 1 N–H and O–H groups in total. The van der Waals surface area contributed by atoms with Crippen molar-refractivity contribution in [3.05, 3.63) is 0 Å². The third kappa shape index (κ3) is 3.03. The van der Waals surface area contributed by atoms with Crippen molar-refractivity contribution >= 4 is 0 Å². The molecule has 1 nitrogen and oxygen atoms in total. The summed E-state index contributed by atoms with van der Waals surface area (Å²) in [4.78, 5) is 0. The molecule has 0 aliphatic heterocycles. The molecule has 0 heterocycles. The minimum atomic E-state index is -0.148. The van der Waals surface area contributed by atoms with Crippen LogP contribution in [0.5, 0.6) is 0 Å². The molecule has 0 saturated heterocycles. The number of terminal acetylenes is 1. The van der Waals surface area contributed by atoms with Crippen molar-refractivity contribution in [1.82, 2.24) is 5.32 Å². The molecule has 0 aromatic heterocycles. The van der Waals surface area contributed by atoms with E-state index in [0.717, 1.165) is 11.8 Å². The summed E-state index contributed by atoms with van der Waals surface area (Å²) in [5, 5.41) is 3.56. The van der Waals surface area contributed by atoms with Gasteiger partial charge >= 0.3 is 0 Å². The summed E-state index contributed by atoms with van der Waals surface area (Å²) in [5.41, 5.74) is -0.148. The SMILES string of the molecule is C#CC(C)(C)NC1CCC(C)C(C)C1. The summed E-state index contributed by atoms with van der Waals surface area (Å²) in [5.74, 6) is 4.51. The standard InChI is InChI=1S/C13H23N/c1-6-13(4,5)14-12-8-7-10(2)11(3)9-12/h1,10-12,14H,7-9H2,2-5H3. The van der Waals surface area contributed by atoms with Crippen LogP contribution in [0.15, 0.2) is 0 Å². The summed E-state index contributed by atoms with van der Waals surface area (Å²) in [6, 6.07) is 0.618. The largest absolute Gasteiger partial charge is 0.299 e. The van der Waals surface area contributed by atoms with Crippen molar-refractivity contribution < 1.29 is 0 Å². The lowest BCUT2D eigenvalue weighted by molar-refractivity contribution is 0.209. The molecule has 1 saturated carbocycles. The summed E-state index contributed by atoms with van der Waals surface area (Å²) < 4.78 is 0. The van der Waals surface area contributed by atoms with E-state index in [1.54, 1.807) is 0 Å². The topological polar surface area (TPSA) is 12.0 Å². The highest BCUT2D eigenvalue weighted by Gasteiger charge is 2.27. The van der Waals surface area contributed by atoms with Crippen molar-refractivity contribution in [3.8, 4) is 12.3 Å². The van der Waals surface area contributed by atoms with E-state index in [1.807, 2.05) is 0 Å². The fourth-order valence-corrected chi connectivity index (χ4v) is 2.23. The molecule has 0 radical (unpaired) electrons. The Balaban J connectivity index is 2.45. The van der Waals surface area contributed by atoms with Gasteiger partial charge in [0.15, 0.2) is 0 Å². The maximum atomic E-state index is 5.47. The molecule has 0 bridgehead atoms. The third-order valence-corrected chi connectivity index (χ3v) is 3.52. The van der Waals surface area contributed by atoms with E-state index in [2.05, 4.69) is 38.9 Å². The Morgan fingerprint density at radius 2 is 1.86 bits per heavy atom. The van der Waals surface area contributed by atoms with Crippen LogP contribution in [0.2, 0.25) is 0 Å². The highest BCUT2D eigenvalue weighted by atomic mass is 15.0. The Hall–Kier alpha value is -0.480. The van der Waals surface area contributed by atoms with Gasteiger partial charge in [-0.15, -0.1) is 6.42 Å². The van der Waals surface area contributed by atoms with Gasteiger partial charge in [-0.1, -0.05) is 19.8 Å². The first-order valence-corrected chi connectivity index (χ1v) is 5.70. The van der Waals surface area contributed by atoms with Gasteiger partial charge in [0.2, 0.25) is 0 Å². The highest BCUT2D eigenvalue weighted by Crippen LogP contribution is 2.30. The Kier molecular flexibility index (Phi) is 3.61.